The number of carbonyl (C=O) groups is 1. The fourth-order valence-corrected chi connectivity index (χ4v) is 3.01. The summed E-state index contributed by atoms with van der Waals surface area (Å²) in [5.41, 5.74) is 2.49. The molecule has 2 aromatic rings. The number of aliphatic hydroxyl groups excluding tert-OH is 1. The molecule has 23 heavy (non-hydrogen) atoms. The molecule has 1 amide bonds. The number of nitrogens with one attached hydrogen (secondary N) is 1. The number of aliphatic hydroxyl groups is 1. The molecule has 0 spiro atoms. The molecule has 0 unspecified atom stereocenters. The summed E-state index contributed by atoms with van der Waals surface area (Å²) < 4.78 is 1.73. The Morgan fingerprint density at radius 1 is 1.52 bits per heavy atom. The van der Waals surface area contributed by atoms with Gasteiger partial charge in [-0.2, -0.15) is 5.10 Å². The monoisotopic (exact) mass is 314 g/mol. The first-order valence-electron chi connectivity index (χ1n) is 7.99. The summed E-state index contributed by atoms with van der Waals surface area (Å²) in [7, 11) is 1.86. The van der Waals surface area contributed by atoms with Gasteiger partial charge in [-0.1, -0.05) is 6.92 Å². The first-order valence-corrected chi connectivity index (χ1v) is 7.99. The van der Waals surface area contributed by atoms with E-state index in [0.29, 0.717) is 18.4 Å². The van der Waals surface area contributed by atoms with Crippen LogP contribution in [0.3, 0.4) is 0 Å². The number of aryl methyl sites for hydroxylation is 2. The summed E-state index contributed by atoms with van der Waals surface area (Å²) in [4.78, 5) is 16.8. The topological polar surface area (TPSA) is 80.0 Å². The first-order chi connectivity index (χ1) is 11.1. The molecular formula is C17H22N4O2. The smallest absolute Gasteiger partial charge is 0.251 e. The number of amides is 1. The van der Waals surface area contributed by atoms with E-state index < -0.39 is 0 Å². The lowest BCUT2D eigenvalue weighted by Gasteiger charge is -2.37. The van der Waals surface area contributed by atoms with Crippen LogP contribution in [0.25, 0.3) is 0 Å². The molecule has 0 aromatic carbocycles. The van der Waals surface area contributed by atoms with Gasteiger partial charge in [-0.25, -0.2) is 0 Å². The number of pyridine rings is 1. The van der Waals surface area contributed by atoms with Gasteiger partial charge in [0.2, 0.25) is 0 Å². The molecule has 1 saturated carbocycles. The molecule has 2 N–H and O–H groups in total. The Morgan fingerprint density at radius 3 is 2.91 bits per heavy atom. The van der Waals surface area contributed by atoms with Gasteiger partial charge in [-0.05, 0) is 37.3 Å². The Kier molecular flexibility index (Phi) is 4.43. The third kappa shape index (κ3) is 3.42. The van der Waals surface area contributed by atoms with Crippen LogP contribution in [0, 0.1) is 5.92 Å². The summed E-state index contributed by atoms with van der Waals surface area (Å²) in [5.74, 6) is 0.128. The van der Waals surface area contributed by atoms with Crippen LogP contribution >= 0.6 is 0 Å². The predicted molar refractivity (Wildman–Crippen MR) is 85.8 cm³/mol. The summed E-state index contributed by atoms with van der Waals surface area (Å²) in [6.45, 7) is 2.01. The quantitative estimate of drug-likeness (QED) is 0.879. The minimum absolute atomic E-state index is 0.114. The Bertz CT molecular complexity index is 691. The van der Waals surface area contributed by atoms with Crippen LogP contribution in [0.5, 0.6) is 0 Å². The zero-order valence-corrected chi connectivity index (χ0v) is 13.4. The van der Waals surface area contributed by atoms with Gasteiger partial charge in [-0.3, -0.25) is 14.5 Å². The van der Waals surface area contributed by atoms with E-state index in [1.807, 2.05) is 26.2 Å². The van der Waals surface area contributed by atoms with Crippen LogP contribution in [0.4, 0.5) is 0 Å². The average molecular weight is 314 g/mol. The molecule has 0 radical (unpaired) electrons. The van der Waals surface area contributed by atoms with Gasteiger partial charge in [0.1, 0.15) is 0 Å². The van der Waals surface area contributed by atoms with E-state index in [2.05, 4.69) is 15.4 Å². The molecule has 1 fully saturated rings. The maximum absolute atomic E-state index is 12.6. The third-order valence-electron chi connectivity index (χ3n) is 4.43. The molecule has 0 bridgehead atoms. The number of rotatable bonds is 5. The molecule has 1 aliphatic carbocycles. The third-order valence-corrected chi connectivity index (χ3v) is 4.43. The molecule has 6 nitrogen and oxygen atoms in total. The van der Waals surface area contributed by atoms with Gasteiger partial charge >= 0.3 is 0 Å². The minimum atomic E-state index is -0.260. The molecule has 0 saturated heterocycles. The molecule has 1 atom stereocenters. The largest absolute Gasteiger partial charge is 0.393 e. The fourth-order valence-electron chi connectivity index (χ4n) is 3.01. The Labute approximate surface area is 135 Å². The highest BCUT2D eigenvalue weighted by Crippen LogP contribution is 2.38. The number of hydrogen-bond acceptors (Lipinski definition) is 4. The van der Waals surface area contributed by atoms with E-state index >= 15 is 0 Å². The van der Waals surface area contributed by atoms with Crippen LogP contribution in [0.1, 0.15) is 47.4 Å². The number of nitrogens with zero attached hydrogens (tertiary/aromatic N) is 3. The highest BCUT2D eigenvalue weighted by Gasteiger charge is 2.36. The molecular weight excluding hydrogens is 292 g/mol. The second kappa shape index (κ2) is 6.50. The van der Waals surface area contributed by atoms with Crippen molar-refractivity contribution in [3.05, 3.63) is 47.5 Å². The molecule has 6 heteroatoms. The summed E-state index contributed by atoms with van der Waals surface area (Å²) in [6, 6.07) is 3.42. The number of aromatic nitrogens is 3. The van der Waals surface area contributed by atoms with Crippen molar-refractivity contribution in [2.24, 2.45) is 13.0 Å². The Hall–Kier alpha value is -2.21. The van der Waals surface area contributed by atoms with Gasteiger partial charge in [0.05, 0.1) is 18.3 Å². The SMILES string of the molecule is CCc1cc(C(=O)N[C@H](c2cnn(C)c2)C2CC(O)C2)ccn1. The maximum atomic E-state index is 12.6. The second-order valence-corrected chi connectivity index (χ2v) is 6.17. The summed E-state index contributed by atoms with van der Waals surface area (Å²) in [6.07, 6.45) is 7.30. The summed E-state index contributed by atoms with van der Waals surface area (Å²) in [5, 5.41) is 16.9. The number of hydrogen-bond donors (Lipinski definition) is 2. The van der Waals surface area contributed by atoms with Crippen molar-refractivity contribution in [2.75, 3.05) is 0 Å². The van der Waals surface area contributed by atoms with Crippen molar-refractivity contribution < 1.29 is 9.90 Å². The van der Waals surface area contributed by atoms with E-state index in [-0.39, 0.29) is 24.0 Å². The highest BCUT2D eigenvalue weighted by atomic mass is 16.3. The van der Waals surface area contributed by atoms with Gasteiger partial charge in [0.25, 0.3) is 5.91 Å². The van der Waals surface area contributed by atoms with Crippen LogP contribution in [0.2, 0.25) is 0 Å². The van der Waals surface area contributed by atoms with Crippen molar-refractivity contribution >= 4 is 5.91 Å². The van der Waals surface area contributed by atoms with E-state index in [1.54, 1.807) is 23.1 Å². The predicted octanol–water partition coefficient (Wildman–Crippen LogP) is 1.62. The zero-order valence-electron chi connectivity index (χ0n) is 13.4. The van der Waals surface area contributed by atoms with E-state index in [1.165, 1.54) is 0 Å². The second-order valence-electron chi connectivity index (χ2n) is 6.17. The maximum Gasteiger partial charge on any atom is 0.251 e. The van der Waals surface area contributed by atoms with Crippen LogP contribution < -0.4 is 5.32 Å². The minimum Gasteiger partial charge on any atom is -0.393 e. The number of carbonyl (C=O) groups excluding carboxylic acids is 1. The van der Waals surface area contributed by atoms with Gasteiger partial charge in [0.15, 0.2) is 0 Å². The van der Waals surface area contributed by atoms with E-state index in [9.17, 15) is 9.90 Å². The van der Waals surface area contributed by atoms with Crippen molar-refractivity contribution in [3.63, 3.8) is 0 Å². The molecule has 0 aliphatic heterocycles. The fraction of sp³-hybridized carbons (Fsp3) is 0.471. The molecule has 3 rings (SSSR count). The van der Waals surface area contributed by atoms with Crippen LogP contribution in [-0.4, -0.2) is 31.9 Å². The molecule has 2 aromatic heterocycles. The molecule has 1 aliphatic rings. The lowest BCUT2D eigenvalue weighted by molar-refractivity contribution is 0.0235. The average Bonchev–Trinajstić information content (AvgIpc) is 2.96. The van der Waals surface area contributed by atoms with Crippen molar-refractivity contribution in [1.82, 2.24) is 20.1 Å². The normalized spacial score (nSPS) is 21.5. The standard InChI is InChI=1S/C17H22N4O2/c1-3-14-6-11(4-5-18-14)17(23)20-16(12-7-15(22)8-12)13-9-19-21(2)10-13/h4-6,9-10,12,15-16,22H,3,7-8H2,1-2H3,(H,20,23)/t12?,15?,16-/m0/s1. The van der Waals surface area contributed by atoms with Gasteiger partial charge < -0.3 is 10.4 Å². The molecule has 122 valence electrons. The van der Waals surface area contributed by atoms with E-state index in [0.717, 1.165) is 17.7 Å². The Morgan fingerprint density at radius 2 is 2.30 bits per heavy atom. The van der Waals surface area contributed by atoms with E-state index in [4.69, 9.17) is 0 Å². The van der Waals surface area contributed by atoms with Crippen LogP contribution in [-0.2, 0) is 13.5 Å². The van der Waals surface area contributed by atoms with Crippen LogP contribution in [0.15, 0.2) is 30.7 Å². The lowest BCUT2D eigenvalue weighted by Crippen LogP contribution is -2.41. The highest BCUT2D eigenvalue weighted by molar-refractivity contribution is 5.94. The van der Waals surface area contributed by atoms with Crippen molar-refractivity contribution in [2.45, 2.75) is 38.3 Å². The molecule has 2 heterocycles. The van der Waals surface area contributed by atoms with Gasteiger partial charge in [0, 0.05) is 36.3 Å². The Balaban J connectivity index is 1.78. The zero-order chi connectivity index (χ0) is 16.4. The van der Waals surface area contributed by atoms with Crippen molar-refractivity contribution in [1.29, 1.82) is 0 Å². The van der Waals surface area contributed by atoms with Gasteiger partial charge in [-0.15, -0.1) is 0 Å². The lowest BCUT2D eigenvalue weighted by atomic mass is 9.75. The first kappa shape index (κ1) is 15.7. The van der Waals surface area contributed by atoms with Crippen molar-refractivity contribution in [3.8, 4) is 0 Å². The summed E-state index contributed by atoms with van der Waals surface area (Å²) >= 11 is 0.